The summed E-state index contributed by atoms with van der Waals surface area (Å²) in [7, 11) is 0. The molecule has 2 aromatic carbocycles. The summed E-state index contributed by atoms with van der Waals surface area (Å²) >= 11 is 4.96. The number of hydrogen-bond acceptors (Lipinski definition) is 2. The van der Waals surface area contributed by atoms with E-state index >= 15 is 0 Å². The maximum absolute atomic E-state index is 5.67. The molecular weight excluding hydrogens is 254 g/mol. The first kappa shape index (κ1) is 13.7. The molecule has 0 aliphatic carbocycles. The zero-order chi connectivity index (χ0) is 13.5. The molecule has 2 nitrogen and oxygen atoms in total. The van der Waals surface area contributed by atoms with Crippen molar-refractivity contribution in [2.75, 3.05) is 6.61 Å². The highest BCUT2D eigenvalue weighted by Gasteiger charge is 1.99. The van der Waals surface area contributed by atoms with Crippen LogP contribution in [-0.4, -0.2) is 11.6 Å². The Hall–Kier alpha value is -1.71. The van der Waals surface area contributed by atoms with Crippen LogP contribution in [0.2, 0.25) is 0 Å². The number of ether oxygens (including phenoxy) is 1. The fourth-order valence-electron chi connectivity index (χ4n) is 1.84. The smallest absolute Gasteiger partial charge is 0.103 e. The fourth-order valence-corrected chi connectivity index (χ4v) is 1.97. The second-order valence-corrected chi connectivity index (χ2v) is 4.79. The maximum atomic E-state index is 5.67. The van der Waals surface area contributed by atoms with Crippen LogP contribution >= 0.6 is 12.2 Å². The van der Waals surface area contributed by atoms with Crippen molar-refractivity contribution in [3.8, 4) is 0 Å². The summed E-state index contributed by atoms with van der Waals surface area (Å²) in [5, 5.41) is 0. The Labute approximate surface area is 119 Å². The van der Waals surface area contributed by atoms with E-state index in [2.05, 4.69) is 12.1 Å². The summed E-state index contributed by atoms with van der Waals surface area (Å²) < 4.78 is 5.67. The van der Waals surface area contributed by atoms with Crippen LogP contribution < -0.4 is 5.73 Å². The zero-order valence-corrected chi connectivity index (χ0v) is 11.5. The minimum absolute atomic E-state index is 0.422. The van der Waals surface area contributed by atoms with E-state index in [1.807, 2.05) is 42.5 Å². The summed E-state index contributed by atoms with van der Waals surface area (Å²) in [4.78, 5) is 0.422. The van der Waals surface area contributed by atoms with Crippen LogP contribution in [0.15, 0.2) is 54.6 Å². The van der Waals surface area contributed by atoms with E-state index in [1.165, 1.54) is 5.56 Å². The van der Waals surface area contributed by atoms with Gasteiger partial charge in [-0.2, -0.15) is 0 Å². The molecule has 0 aromatic heterocycles. The van der Waals surface area contributed by atoms with E-state index in [0.29, 0.717) is 18.2 Å². The highest BCUT2D eigenvalue weighted by molar-refractivity contribution is 7.80. The van der Waals surface area contributed by atoms with Gasteiger partial charge in [-0.15, -0.1) is 0 Å². The Balaban J connectivity index is 1.80. The van der Waals surface area contributed by atoms with Gasteiger partial charge >= 0.3 is 0 Å². The Morgan fingerprint density at radius 1 is 1.00 bits per heavy atom. The van der Waals surface area contributed by atoms with Gasteiger partial charge in [-0.25, -0.2) is 0 Å². The fraction of sp³-hybridized carbons (Fsp3) is 0.188. The standard InChI is InChI=1S/C16H17NOS/c17-16(19)15-8-4-7-14(11-15)12-18-10-9-13-5-2-1-3-6-13/h1-8,11H,9-10,12H2,(H2,17,19). The molecule has 2 N–H and O–H groups in total. The summed E-state index contributed by atoms with van der Waals surface area (Å²) in [6, 6.07) is 18.2. The van der Waals surface area contributed by atoms with Gasteiger partial charge in [0.05, 0.1) is 13.2 Å². The van der Waals surface area contributed by atoms with Gasteiger partial charge in [0, 0.05) is 5.56 Å². The highest BCUT2D eigenvalue weighted by atomic mass is 32.1. The molecule has 2 aromatic rings. The Morgan fingerprint density at radius 2 is 1.74 bits per heavy atom. The van der Waals surface area contributed by atoms with Crippen molar-refractivity contribution in [1.82, 2.24) is 0 Å². The molecule has 0 heterocycles. The van der Waals surface area contributed by atoms with E-state index < -0.39 is 0 Å². The van der Waals surface area contributed by atoms with E-state index in [4.69, 9.17) is 22.7 Å². The lowest BCUT2D eigenvalue weighted by Crippen LogP contribution is -2.09. The molecule has 0 radical (unpaired) electrons. The Morgan fingerprint density at radius 3 is 2.47 bits per heavy atom. The van der Waals surface area contributed by atoms with Crippen molar-refractivity contribution in [3.05, 3.63) is 71.3 Å². The topological polar surface area (TPSA) is 35.2 Å². The molecule has 0 amide bonds. The summed E-state index contributed by atoms with van der Waals surface area (Å²) in [6.45, 7) is 1.30. The van der Waals surface area contributed by atoms with Crippen LogP contribution in [0.4, 0.5) is 0 Å². The minimum Gasteiger partial charge on any atom is -0.389 e. The minimum atomic E-state index is 0.422. The lowest BCUT2D eigenvalue weighted by molar-refractivity contribution is 0.124. The van der Waals surface area contributed by atoms with Gasteiger partial charge in [0.2, 0.25) is 0 Å². The predicted molar refractivity (Wildman–Crippen MR) is 82.1 cm³/mol. The molecule has 0 spiro atoms. The maximum Gasteiger partial charge on any atom is 0.103 e. The van der Waals surface area contributed by atoms with Crippen LogP contribution in [0.25, 0.3) is 0 Å². The van der Waals surface area contributed by atoms with Crippen LogP contribution in [-0.2, 0) is 17.8 Å². The average Bonchev–Trinajstić information content (AvgIpc) is 2.45. The molecule has 19 heavy (non-hydrogen) atoms. The normalized spacial score (nSPS) is 10.3. The summed E-state index contributed by atoms with van der Waals surface area (Å²) in [5.74, 6) is 0. The highest BCUT2D eigenvalue weighted by Crippen LogP contribution is 2.07. The second-order valence-electron chi connectivity index (χ2n) is 4.35. The van der Waals surface area contributed by atoms with Gasteiger partial charge in [-0.1, -0.05) is 60.7 Å². The zero-order valence-electron chi connectivity index (χ0n) is 10.7. The number of nitrogens with two attached hydrogens (primary N) is 1. The summed E-state index contributed by atoms with van der Waals surface area (Å²) in [5.41, 5.74) is 8.88. The van der Waals surface area contributed by atoms with Gasteiger partial charge in [0.15, 0.2) is 0 Å². The quantitative estimate of drug-likeness (QED) is 0.648. The first-order valence-corrected chi connectivity index (χ1v) is 6.67. The molecule has 0 fully saturated rings. The monoisotopic (exact) mass is 271 g/mol. The number of thiocarbonyl (C=S) groups is 1. The van der Waals surface area contributed by atoms with E-state index in [9.17, 15) is 0 Å². The first-order chi connectivity index (χ1) is 9.25. The molecule has 0 aliphatic heterocycles. The van der Waals surface area contributed by atoms with Crippen LogP contribution in [0.1, 0.15) is 16.7 Å². The lowest BCUT2D eigenvalue weighted by atomic mass is 10.1. The number of rotatable bonds is 6. The van der Waals surface area contributed by atoms with E-state index in [1.54, 1.807) is 0 Å². The van der Waals surface area contributed by atoms with Crippen LogP contribution in [0.3, 0.4) is 0 Å². The molecular formula is C16H17NOS. The molecule has 0 unspecified atom stereocenters. The van der Waals surface area contributed by atoms with Gasteiger partial charge in [0.1, 0.15) is 4.99 Å². The number of hydrogen-bond donors (Lipinski definition) is 1. The van der Waals surface area contributed by atoms with Crippen molar-refractivity contribution in [3.63, 3.8) is 0 Å². The van der Waals surface area contributed by atoms with Gasteiger partial charge in [-0.05, 0) is 23.6 Å². The van der Waals surface area contributed by atoms with Crippen LogP contribution in [0.5, 0.6) is 0 Å². The van der Waals surface area contributed by atoms with E-state index in [0.717, 1.165) is 17.5 Å². The van der Waals surface area contributed by atoms with Gasteiger partial charge in [0.25, 0.3) is 0 Å². The van der Waals surface area contributed by atoms with E-state index in [-0.39, 0.29) is 0 Å². The summed E-state index contributed by atoms with van der Waals surface area (Å²) in [6.07, 6.45) is 0.926. The van der Waals surface area contributed by atoms with Crippen LogP contribution in [0, 0.1) is 0 Å². The molecule has 3 heteroatoms. The van der Waals surface area contributed by atoms with Gasteiger partial charge in [-0.3, -0.25) is 0 Å². The third-order valence-corrected chi connectivity index (χ3v) is 3.09. The molecule has 0 saturated carbocycles. The largest absolute Gasteiger partial charge is 0.389 e. The third kappa shape index (κ3) is 4.47. The first-order valence-electron chi connectivity index (χ1n) is 6.26. The molecule has 0 atom stereocenters. The van der Waals surface area contributed by atoms with Crippen molar-refractivity contribution >= 4 is 17.2 Å². The average molecular weight is 271 g/mol. The molecule has 0 aliphatic rings. The third-order valence-electron chi connectivity index (χ3n) is 2.86. The molecule has 98 valence electrons. The SMILES string of the molecule is NC(=S)c1cccc(COCCc2ccccc2)c1. The van der Waals surface area contributed by atoms with Crippen molar-refractivity contribution in [2.24, 2.45) is 5.73 Å². The van der Waals surface area contributed by atoms with Crippen molar-refractivity contribution in [2.45, 2.75) is 13.0 Å². The van der Waals surface area contributed by atoms with Gasteiger partial charge < -0.3 is 10.5 Å². The molecule has 2 rings (SSSR count). The van der Waals surface area contributed by atoms with Crippen molar-refractivity contribution < 1.29 is 4.74 Å². The number of benzene rings is 2. The Bertz CT molecular complexity index is 539. The Kier molecular flexibility index (Phi) is 5.07. The lowest BCUT2D eigenvalue weighted by Gasteiger charge is -2.06. The molecule has 0 bridgehead atoms. The van der Waals surface area contributed by atoms with Crippen molar-refractivity contribution in [1.29, 1.82) is 0 Å². The molecule has 0 saturated heterocycles. The second kappa shape index (κ2) is 7.02. The predicted octanol–water partition coefficient (Wildman–Crippen LogP) is 3.08.